The lowest BCUT2D eigenvalue weighted by atomic mass is 9.89. The van der Waals surface area contributed by atoms with Gasteiger partial charge in [0, 0.05) is 36.5 Å². The number of hydrogen-bond acceptors (Lipinski definition) is 3. The van der Waals surface area contributed by atoms with Crippen molar-refractivity contribution in [1.29, 1.82) is 0 Å². The van der Waals surface area contributed by atoms with Crippen molar-refractivity contribution in [1.82, 2.24) is 15.1 Å². The Morgan fingerprint density at radius 3 is 2.54 bits per heavy atom. The first kappa shape index (κ1) is 16.7. The molecule has 0 bridgehead atoms. The number of ketones is 1. The average molecular weight is 345 g/mol. The van der Waals surface area contributed by atoms with E-state index in [0.717, 1.165) is 49.3 Å². The van der Waals surface area contributed by atoms with Crippen molar-refractivity contribution in [3.05, 3.63) is 78.1 Å². The Hall–Kier alpha value is -2.72. The first-order valence-electron chi connectivity index (χ1n) is 9.20. The average Bonchev–Trinajstić information content (AvgIpc) is 3.21. The number of nitrogens with zero attached hydrogens (tertiary/aromatic N) is 2. The van der Waals surface area contributed by atoms with Crippen molar-refractivity contribution >= 4 is 5.78 Å². The first-order chi connectivity index (χ1) is 12.8. The maximum Gasteiger partial charge on any atom is 0.167 e. The highest BCUT2D eigenvalue weighted by Crippen LogP contribution is 2.24. The molecule has 1 aromatic heterocycles. The standard InChI is InChI=1S/C22H23N3O/c26-22(19-10-8-18(9-11-19)17-5-2-1-3-6-17)20-7-4-14-25(15-20)16-21-12-13-23-24-21/h1-3,5-6,8-13,20H,4,7,14-16H2,(H,23,24)/t20-/m1/s1. The third-order valence-electron chi connectivity index (χ3n) is 5.11. The van der Waals surface area contributed by atoms with Crippen molar-refractivity contribution in [2.24, 2.45) is 5.92 Å². The van der Waals surface area contributed by atoms with Crippen LogP contribution in [0.15, 0.2) is 66.9 Å². The maximum absolute atomic E-state index is 12.9. The molecular formula is C22H23N3O. The number of carbonyl (C=O) groups is 1. The van der Waals surface area contributed by atoms with E-state index in [2.05, 4.69) is 27.2 Å². The minimum absolute atomic E-state index is 0.0780. The zero-order valence-corrected chi connectivity index (χ0v) is 14.8. The van der Waals surface area contributed by atoms with Crippen molar-refractivity contribution < 1.29 is 4.79 Å². The number of H-pyrrole nitrogens is 1. The van der Waals surface area contributed by atoms with Gasteiger partial charge in [0.15, 0.2) is 5.78 Å². The molecule has 26 heavy (non-hydrogen) atoms. The number of rotatable bonds is 5. The molecule has 3 aromatic rings. The van der Waals surface area contributed by atoms with Crippen LogP contribution in [0.25, 0.3) is 11.1 Å². The van der Waals surface area contributed by atoms with E-state index in [4.69, 9.17) is 0 Å². The molecule has 0 saturated carbocycles. The van der Waals surface area contributed by atoms with Crippen molar-refractivity contribution in [2.75, 3.05) is 13.1 Å². The molecule has 0 unspecified atom stereocenters. The third kappa shape index (κ3) is 3.75. The molecule has 2 aromatic carbocycles. The summed E-state index contributed by atoms with van der Waals surface area (Å²) in [5.74, 6) is 0.341. The summed E-state index contributed by atoms with van der Waals surface area (Å²) >= 11 is 0. The highest BCUT2D eigenvalue weighted by Gasteiger charge is 2.26. The molecule has 1 N–H and O–H groups in total. The van der Waals surface area contributed by atoms with Gasteiger partial charge in [0.2, 0.25) is 0 Å². The first-order valence-corrected chi connectivity index (χ1v) is 9.20. The number of aromatic nitrogens is 2. The summed E-state index contributed by atoms with van der Waals surface area (Å²) in [6.45, 7) is 2.69. The van der Waals surface area contributed by atoms with Gasteiger partial charge < -0.3 is 0 Å². The van der Waals surface area contributed by atoms with Crippen molar-refractivity contribution in [2.45, 2.75) is 19.4 Å². The number of piperidine rings is 1. The fourth-order valence-corrected chi connectivity index (χ4v) is 3.72. The molecule has 0 radical (unpaired) electrons. The molecule has 0 aliphatic carbocycles. The fraction of sp³-hybridized carbons (Fsp3) is 0.273. The zero-order valence-electron chi connectivity index (χ0n) is 14.8. The highest BCUT2D eigenvalue weighted by atomic mass is 16.1. The lowest BCUT2D eigenvalue weighted by molar-refractivity contribution is 0.0810. The second kappa shape index (κ2) is 7.67. The van der Waals surface area contributed by atoms with E-state index in [0.29, 0.717) is 0 Å². The Kier molecular flexibility index (Phi) is 4.93. The predicted molar refractivity (Wildman–Crippen MR) is 103 cm³/mol. The minimum atomic E-state index is 0.0780. The molecule has 1 fully saturated rings. The van der Waals surface area contributed by atoms with Crippen LogP contribution in [0.3, 0.4) is 0 Å². The Morgan fingerprint density at radius 1 is 1.04 bits per heavy atom. The van der Waals surface area contributed by atoms with Crippen LogP contribution in [-0.4, -0.2) is 34.0 Å². The Morgan fingerprint density at radius 2 is 1.81 bits per heavy atom. The van der Waals surface area contributed by atoms with Gasteiger partial charge in [0.25, 0.3) is 0 Å². The zero-order chi connectivity index (χ0) is 17.8. The normalized spacial score (nSPS) is 17.9. The summed E-state index contributed by atoms with van der Waals surface area (Å²) in [6.07, 6.45) is 3.81. The van der Waals surface area contributed by atoms with Gasteiger partial charge in [-0.2, -0.15) is 5.10 Å². The van der Waals surface area contributed by atoms with Gasteiger partial charge in [-0.1, -0.05) is 54.6 Å². The summed E-state index contributed by atoms with van der Waals surface area (Å²) in [4.78, 5) is 15.3. The Labute approximate surface area is 153 Å². The summed E-state index contributed by atoms with van der Waals surface area (Å²) in [7, 11) is 0. The monoisotopic (exact) mass is 345 g/mol. The second-order valence-electron chi connectivity index (χ2n) is 6.96. The Bertz CT molecular complexity index is 841. The Balaban J connectivity index is 1.43. The van der Waals surface area contributed by atoms with Crippen molar-refractivity contribution in [3.8, 4) is 11.1 Å². The van der Waals surface area contributed by atoms with Crippen LogP contribution in [0.2, 0.25) is 0 Å². The molecule has 1 atom stereocenters. The van der Waals surface area contributed by atoms with E-state index in [-0.39, 0.29) is 11.7 Å². The molecule has 4 heteroatoms. The van der Waals surface area contributed by atoms with Gasteiger partial charge in [-0.3, -0.25) is 14.8 Å². The minimum Gasteiger partial charge on any atom is -0.297 e. The van der Waals surface area contributed by atoms with Crippen LogP contribution in [0.5, 0.6) is 0 Å². The molecule has 132 valence electrons. The second-order valence-corrected chi connectivity index (χ2v) is 6.96. The quantitative estimate of drug-likeness (QED) is 0.706. The van der Waals surface area contributed by atoms with E-state index in [1.54, 1.807) is 6.20 Å². The van der Waals surface area contributed by atoms with Crippen LogP contribution in [0.1, 0.15) is 28.9 Å². The summed E-state index contributed by atoms with van der Waals surface area (Å²) in [5, 5.41) is 7.01. The van der Waals surface area contributed by atoms with E-state index >= 15 is 0 Å². The molecule has 1 saturated heterocycles. The number of carbonyl (C=O) groups excluding carboxylic acids is 1. The van der Waals surface area contributed by atoms with E-state index in [9.17, 15) is 4.79 Å². The number of hydrogen-bond donors (Lipinski definition) is 1. The van der Waals surface area contributed by atoms with Crippen molar-refractivity contribution in [3.63, 3.8) is 0 Å². The number of nitrogens with one attached hydrogen (secondary N) is 1. The smallest absolute Gasteiger partial charge is 0.167 e. The SMILES string of the molecule is O=C(c1ccc(-c2ccccc2)cc1)[C@@H]1CCCN(Cc2ccn[nH]2)C1. The number of Topliss-reactive ketones (excluding diaryl/α,β-unsaturated/α-hetero) is 1. The van der Waals surface area contributed by atoms with Crippen LogP contribution in [-0.2, 0) is 6.54 Å². The number of benzene rings is 2. The fourth-order valence-electron chi connectivity index (χ4n) is 3.72. The molecule has 1 aliphatic heterocycles. The number of aromatic amines is 1. The molecule has 4 nitrogen and oxygen atoms in total. The molecule has 4 rings (SSSR count). The number of likely N-dealkylation sites (tertiary alicyclic amines) is 1. The van der Waals surface area contributed by atoms with E-state index in [1.165, 1.54) is 5.56 Å². The summed E-state index contributed by atoms with van der Waals surface area (Å²) < 4.78 is 0. The third-order valence-corrected chi connectivity index (χ3v) is 5.11. The lowest BCUT2D eigenvalue weighted by Gasteiger charge is -2.31. The van der Waals surface area contributed by atoms with Gasteiger partial charge in [-0.15, -0.1) is 0 Å². The van der Waals surface area contributed by atoms with Gasteiger partial charge in [0.1, 0.15) is 0 Å². The van der Waals surface area contributed by atoms with Gasteiger partial charge in [-0.05, 0) is 36.6 Å². The highest BCUT2D eigenvalue weighted by molar-refractivity contribution is 5.98. The van der Waals surface area contributed by atoms with Gasteiger partial charge in [0.05, 0.1) is 0 Å². The lowest BCUT2D eigenvalue weighted by Crippen LogP contribution is -2.38. The molecule has 0 spiro atoms. The van der Waals surface area contributed by atoms with Gasteiger partial charge >= 0.3 is 0 Å². The van der Waals surface area contributed by atoms with Crippen LogP contribution >= 0.6 is 0 Å². The van der Waals surface area contributed by atoms with Crippen LogP contribution in [0.4, 0.5) is 0 Å². The molecule has 1 aliphatic rings. The predicted octanol–water partition coefficient (Wildman–Crippen LogP) is 4.17. The molecular weight excluding hydrogens is 322 g/mol. The summed E-state index contributed by atoms with van der Waals surface area (Å²) in [6, 6.07) is 20.3. The largest absolute Gasteiger partial charge is 0.297 e. The molecule has 0 amide bonds. The maximum atomic E-state index is 12.9. The van der Waals surface area contributed by atoms with Crippen LogP contribution in [0, 0.1) is 5.92 Å². The topological polar surface area (TPSA) is 49.0 Å². The van der Waals surface area contributed by atoms with E-state index in [1.807, 2.05) is 48.5 Å². The van der Waals surface area contributed by atoms with Crippen LogP contribution < -0.4 is 0 Å². The summed E-state index contributed by atoms with van der Waals surface area (Å²) in [5.41, 5.74) is 4.24. The molecule has 2 heterocycles. The van der Waals surface area contributed by atoms with E-state index < -0.39 is 0 Å². The van der Waals surface area contributed by atoms with Gasteiger partial charge in [-0.25, -0.2) is 0 Å².